The monoisotopic (exact) mass is 242 g/mol. The maximum Gasteiger partial charge on any atom is 0.389 e. The number of rotatable bonds is 2. The van der Waals surface area contributed by atoms with Crippen molar-refractivity contribution < 1.29 is 18.0 Å². The molecule has 0 heterocycles. The van der Waals surface area contributed by atoms with Gasteiger partial charge < -0.3 is 0 Å². The first-order valence-electron chi connectivity index (χ1n) is 5.66. The average Bonchev–Trinajstić information content (AvgIpc) is 2.27. The van der Waals surface area contributed by atoms with Gasteiger partial charge in [-0.25, -0.2) is 0 Å². The van der Waals surface area contributed by atoms with E-state index in [-0.39, 0.29) is 12.2 Å². The van der Waals surface area contributed by atoms with Gasteiger partial charge in [-0.05, 0) is 24.8 Å². The maximum atomic E-state index is 12.1. The van der Waals surface area contributed by atoms with Crippen molar-refractivity contribution in [3.05, 3.63) is 35.4 Å². The minimum absolute atomic E-state index is 0.0866. The topological polar surface area (TPSA) is 17.1 Å². The number of carbonyl (C=O) groups excluding carboxylic acids is 1. The van der Waals surface area contributed by atoms with Crippen LogP contribution in [0.3, 0.4) is 0 Å². The smallest absolute Gasteiger partial charge is 0.294 e. The summed E-state index contributed by atoms with van der Waals surface area (Å²) < 4.78 is 36.4. The predicted octanol–water partition coefficient (Wildman–Crippen LogP) is 3.77. The third-order valence-corrected chi connectivity index (χ3v) is 3.19. The second-order valence-corrected chi connectivity index (χ2v) is 4.41. The zero-order valence-corrected chi connectivity index (χ0v) is 9.26. The van der Waals surface area contributed by atoms with Gasteiger partial charge in [0.2, 0.25) is 0 Å². The van der Waals surface area contributed by atoms with Crippen LogP contribution in [0.2, 0.25) is 0 Å². The lowest BCUT2D eigenvalue weighted by Crippen LogP contribution is -2.24. The van der Waals surface area contributed by atoms with Gasteiger partial charge >= 0.3 is 6.18 Å². The van der Waals surface area contributed by atoms with Crippen molar-refractivity contribution in [1.82, 2.24) is 0 Å². The molecule has 0 aromatic heterocycles. The van der Waals surface area contributed by atoms with Crippen molar-refractivity contribution in [2.45, 2.75) is 31.9 Å². The van der Waals surface area contributed by atoms with Crippen molar-refractivity contribution in [3.63, 3.8) is 0 Å². The van der Waals surface area contributed by atoms with Crippen LogP contribution in [0.1, 0.15) is 35.2 Å². The Kier molecular flexibility index (Phi) is 3.22. The fourth-order valence-corrected chi connectivity index (χ4v) is 2.27. The number of hydrogen-bond acceptors (Lipinski definition) is 1. The number of hydrogen-bond donors (Lipinski definition) is 0. The fourth-order valence-electron chi connectivity index (χ4n) is 2.27. The van der Waals surface area contributed by atoms with Gasteiger partial charge in [0.05, 0.1) is 0 Å². The van der Waals surface area contributed by atoms with Gasteiger partial charge in [0.15, 0.2) is 5.78 Å². The summed E-state index contributed by atoms with van der Waals surface area (Å²) in [6, 6.07) is 7.18. The highest BCUT2D eigenvalue weighted by atomic mass is 19.4. The molecule has 0 saturated carbocycles. The van der Waals surface area contributed by atoms with Crippen LogP contribution >= 0.6 is 0 Å². The molecule has 17 heavy (non-hydrogen) atoms. The number of carbonyl (C=O) groups is 1. The Morgan fingerprint density at radius 1 is 1.24 bits per heavy atom. The highest BCUT2D eigenvalue weighted by Gasteiger charge is 2.32. The van der Waals surface area contributed by atoms with Crippen LogP contribution in [-0.4, -0.2) is 12.0 Å². The van der Waals surface area contributed by atoms with Gasteiger partial charge in [-0.3, -0.25) is 4.79 Å². The van der Waals surface area contributed by atoms with E-state index >= 15 is 0 Å². The normalized spacial score (nSPS) is 20.2. The first-order chi connectivity index (χ1) is 7.97. The van der Waals surface area contributed by atoms with E-state index in [1.165, 1.54) is 0 Å². The number of fused-ring (bicyclic) bond motifs is 1. The Morgan fingerprint density at radius 3 is 2.65 bits per heavy atom. The number of ketones is 1. The lowest BCUT2D eigenvalue weighted by Gasteiger charge is -2.23. The van der Waals surface area contributed by atoms with E-state index < -0.39 is 18.5 Å². The molecule has 0 spiro atoms. The summed E-state index contributed by atoms with van der Waals surface area (Å²) in [5.74, 6) is -0.595. The number of Topliss-reactive ketones (excluding diaryl/α,β-unsaturated/α-hetero) is 1. The summed E-state index contributed by atoms with van der Waals surface area (Å²) in [4.78, 5) is 12.0. The molecule has 4 heteroatoms. The highest BCUT2D eigenvalue weighted by Crippen LogP contribution is 2.31. The lowest BCUT2D eigenvalue weighted by molar-refractivity contribution is -0.136. The summed E-state index contributed by atoms with van der Waals surface area (Å²) in [6.07, 6.45) is -3.89. The minimum Gasteiger partial charge on any atom is -0.294 e. The molecule has 1 unspecified atom stereocenters. The quantitative estimate of drug-likeness (QED) is 0.771. The first kappa shape index (κ1) is 12.1. The molecule has 1 nitrogen and oxygen atoms in total. The van der Waals surface area contributed by atoms with Gasteiger partial charge in [0.25, 0.3) is 0 Å². The number of halogens is 3. The van der Waals surface area contributed by atoms with Crippen molar-refractivity contribution in [1.29, 1.82) is 0 Å². The Morgan fingerprint density at radius 2 is 1.94 bits per heavy atom. The Labute approximate surface area is 97.6 Å². The SMILES string of the molecule is O=C1c2ccccc2CCC1CCC(F)(F)F. The third-order valence-electron chi connectivity index (χ3n) is 3.19. The lowest BCUT2D eigenvalue weighted by atomic mass is 9.80. The zero-order valence-electron chi connectivity index (χ0n) is 9.26. The van der Waals surface area contributed by atoms with Crippen molar-refractivity contribution in [2.24, 2.45) is 5.92 Å². The highest BCUT2D eigenvalue weighted by molar-refractivity contribution is 6.00. The molecule has 0 aliphatic heterocycles. The van der Waals surface area contributed by atoms with E-state index in [9.17, 15) is 18.0 Å². The van der Waals surface area contributed by atoms with Crippen molar-refractivity contribution >= 4 is 5.78 Å². The molecule has 0 saturated heterocycles. The van der Waals surface area contributed by atoms with E-state index in [4.69, 9.17) is 0 Å². The van der Waals surface area contributed by atoms with Crippen LogP contribution in [0.25, 0.3) is 0 Å². The van der Waals surface area contributed by atoms with Crippen molar-refractivity contribution in [2.75, 3.05) is 0 Å². The molecule has 0 amide bonds. The summed E-state index contributed by atoms with van der Waals surface area (Å²) in [7, 11) is 0. The van der Waals surface area contributed by atoms with E-state index in [0.29, 0.717) is 18.4 Å². The molecule has 2 rings (SSSR count). The average molecular weight is 242 g/mol. The summed E-state index contributed by atoms with van der Waals surface area (Å²) in [6.45, 7) is 0. The molecule has 1 aliphatic rings. The molecule has 0 bridgehead atoms. The van der Waals surface area contributed by atoms with Gasteiger partial charge in [-0.1, -0.05) is 24.3 Å². The fraction of sp³-hybridized carbons (Fsp3) is 0.462. The molecule has 0 fully saturated rings. The van der Waals surface area contributed by atoms with Crippen LogP contribution in [0.5, 0.6) is 0 Å². The van der Waals surface area contributed by atoms with E-state index in [2.05, 4.69) is 0 Å². The molecule has 92 valence electrons. The standard InChI is InChI=1S/C13H13F3O/c14-13(15,16)8-7-10-6-5-9-3-1-2-4-11(9)12(10)17/h1-4,10H,5-8H2. The van der Waals surface area contributed by atoms with Gasteiger partial charge in [-0.15, -0.1) is 0 Å². The van der Waals surface area contributed by atoms with Crippen LogP contribution in [0, 0.1) is 5.92 Å². The molecule has 1 aromatic carbocycles. The Balaban J connectivity index is 2.07. The van der Waals surface area contributed by atoms with Crippen LogP contribution < -0.4 is 0 Å². The van der Waals surface area contributed by atoms with Crippen LogP contribution in [-0.2, 0) is 6.42 Å². The second kappa shape index (κ2) is 4.51. The number of alkyl halides is 3. The Bertz CT molecular complexity index is 423. The summed E-state index contributed by atoms with van der Waals surface area (Å²) in [5, 5.41) is 0. The number of aryl methyl sites for hydroxylation is 1. The summed E-state index contributed by atoms with van der Waals surface area (Å²) in [5.41, 5.74) is 1.56. The largest absolute Gasteiger partial charge is 0.389 e. The molecular formula is C13H13F3O. The molecule has 0 radical (unpaired) electrons. The Hall–Kier alpha value is -1.32. The van der Waals surface area contributed by atoms with E-state index in [0.717, 1.165) is 5.56 Å². The van der Waals surface area contributed by atoms with Gasteiger partial charge in [-0.2, -0.15) is 13.2 Å². The molecule has 0 N–H and O–H groups in total. The maximum absolute atomic E-state index is 12.1. The predicted molar refractivity (Wildman–Crippen MR) is 57.9 cm³/mol. The second-order valence-electron chi connectivity index (χ2n) is 4.41. The van der Waals surface area contributed by atoms with Gasteiger partial charge in [0.1, 0.15) is 0 Å². The third kappa shape index (κ3) is 2.87. The zero-order chi connectivity index (χ0) is 12.5. The molecule has 1 aliphatic carbocycles. The molecule has 1 atom stereocenters. The van der Waals surface area contributed by atoms with Crippen LogP contribution in [0.4, 0.5) is 13.2 Å². The number of benzene rings is 1. The van der Waals surface area contributed by atoms with E-state index in [1.54, 1.807) is 12.1 Å². The molecular weight excluding hydrogens is 229 g/mol. The van der Waals surface area contributed by atoms with Crippen molar-refractivity contribution in [3.8, 4) is 0 Å². The summed E-state index contributed by atoms with van der Waals surface area (Å²) >= 11 is 0. The van der Waals surface area contributed by atoms with Crippen LogP contribution in [0.15, 0.2) is 24.3 Å². The van der Waals surface area contributed by atoms with Gasteiger partial charge in [0, 0.05) is 17.9 Å². The van der Waals surface area contributed by atoms with E-state index in [1.807, 2.05) is 12.1 Å². The minimum atomic E-state index is -4.17. The molecule has 1 aromatic rings. The first-order valence-corrected chi connectivity index (χ1v) is 5.66.